The number of oxime groups is 1. The van der Waals surface area contributed by atoms with E-state index in [1.54, 1.807) is 0 Å². The highest BCUT2D eigenvalue weighted by molar-refractivity contribution is 7.39. The topological polar surface area (TPSA) is 84.9 Å². The van der Waals surface area contributed by atoms with Gasteiger partial charge >= 0.3 is 8.03 Å². The molecule has 0 spiro atoms. The van der Waals surface area contributed by atoms with Crippen LogP contribution in [0.5, 0.6) is 0 Å². The molecule has 1 atom stereocenters. The molecule has 0 saturated heterocycles. The summed E-state index contributed by atoms with van der Waals surface area (Å²) >= 11 is 0. The van der Waals surface area contributed by atoms with Gasteiger partial charge in [0.25, 0.3) is 0 Å². The van der Waals surface area contributed by atoms with Crippen LogP contribution in [-0.4, -0.2) is 23.8 Å². The average Bonchev–Trinajstić information content (AvgIpc) is 2.10. The molecule has 0 fully saturated rings. The number of hydrogen-bond acceptors (Lipinski definition) is 4. The van der Waals surface area contributed by atoms with Crippen molar-refractivity contribution in [1.82, 2.24) is 0 Å². The fourth-order valence-electron chi connectivity index (χ4n) is 0.519. The molecule has 0 aromatic heterocycles. The van der Waals surface area contributed by atoms with E-state index in [0.717, 1.165) is 12.8 Å². The van der Waals surface area contributed by atoms with E-state index < -0.39 is 8.03 Å². The molecular formula is C6H14N2O3P+. The van der Waals surface area contributed by atoms with Gasteiger partial charge in [-0.3, -0.25) is 0 Å². The number of unbranched alkanes of at least 4 members (excludes halogenated alkanes) is 1. The van der Waals surface area contributed by atoms with E-state index in [4.69, 9.17) is 15.5 Å². The Balaban J connectivity index is 3.44. The Labute approximate surface area is 72.5 Å². The summed E-state index contributed by atoms with van der Waals surface area (Å²) in [5.41, 5.74) is 5.10. The smallest absolute Gasteiger partial charge is 0.409 e. The minimum Gasteiger partial charge on any atom is -0.409 e. The summed E-state index contributed by atoms with van der Waals surface area (Å²) < 4.78 is 15.7. The molecule has 0 aliphatic rings. The Morgan fingerprint density at radius 2 is 2.42 bits per heavy atom. The van der Waals surface area contributed by atoms with Gasteiger partial charge in [-0.05, 0) is 11.0 Å². The molecule has 3 N–H and O–H groups in total. The zero-order valence-electron chi connectivity index (χ0n) is 7.06. The van der Waals surface area contributed by atoms with E-state index in [0.29, 0.717) is 6.16 Å². The van der Waals surface area contributed by atoms with E-state index in [2.05, 4.69) is 5.16 Å². The molecule has 0 saturated carbocycles. The van der Waals surface area contributed by atoms with Crippen molar-refractivity contribution in [1.29, 1.82) is 0 Å². The lowest BCUT2D eigenvalue weighted by Gasteiger charge is -1.89. The van der Waals surface area contributed by atoms with Gasteiger partial charge in [-0.25, -0.2) is 0 Å². The molecular weight excluding hydrogens is 179 g/mol. The molecule has 12 heavy (non-hydrogen) atoms. The van der Waals surface area contributed by atoms with Crippen molar-refractivity contribution >= 4 is 13.9 Å². The van der Waals surface area contributed by atoms with Gasteiger partial charge in [0.05, 0.1) is 0 Å². The van der Waals surface area contributed by atoms with E-state index >= 15 is 0 Å². The summed E-state index contributed by atoms with van der Waals surface area (Å²) in [7, 11) is -1.65. The maximum atomic E-state index is 11.0. The van der Waals surface area contributed by atoms with E-state index in [9.17, 15) is 4.57 Å². The SMILES string of the molecule is CCCC[P+](=O)OCC(N)=NO. The zero-order chi connectivity index (χ0) is 9.40. The first-order valence-corrected chi connectivity index (χ1v) is 5.11. The van der Waals surface area contributed by atoms with Crippen LogP contribution in [-0.2, 0) is 9.09 Å². The first kappa shape index (κ1) is 11.3. The molecule has 5 nitrogen and oxygen atoms in total. The lowest BCUT2D eigenvalue weighted by molar-refractivity contribution is 0.308. The van der Waals surface area contributed by atoms with Crippen LogP contribution in [0.15, 0.2) is 5.16 Å². The summed E-state index contributed by atoms with van der Waals surface area (Å²) in [6, 6.07) is 0. The minimum atomic E-state index is -1.65. The van der Waals surface area contributed by atoms with Crippen molar-refractivity contribution in [3.63, 3.8) is 0 Å². The number of hydrogen-bond donors (Lipinski definition) is 2. The second-order valence-corrected chi connectivity index (χ2v) is 3.65. The maximum absolute atomic E-state index is 11.0. The van der Waals surface area contributed by atoms with Gasteiger partial charge in [0.15, 0.2) is 18.6 Å². The van der Waals surface area contributed by atoms with Gasteiger partial charge in [-0.2, -0.15) is 0 Å². The Kier molecular flexibility index (Phi) is 6.61. The van der Waals surface area contributed by atoms with Gasteiger partial charge in [0.2, 0.25) is 0 Å². The fourth-order valence-corrected chi connectivity index (χ4v) is 1.50. The third kappa shape index (κ3) is 6.07. The number of nitrogens with zero attached hydrogens (tertiary/aromatic N) is 1. The monoisotopic (exact) mass is 193 g/mol. The molecule has 0 aliphatic heterocycles. The molecule has 0 aliphatic carbocycles. The predicted molar refractivity (Wildman–Crippen MR) is 46.7 cm³/mol. The molecule has 0 bridgehead atoms. The summed E-state index contributed by atoms with van der Waals surface area (Å²) in [6.45, 7) is 1.93. The van der Waals surface area contributed by atoms with Crippen molar-refractivity contribution in [2.24, 2.45) is 10.9 Å². The number of amidine groups is 1. The van der Waals surface area contributed by atoms with Gasteiger partial charge < -0.3 is 10.9 Å². The Hall–Kier alpha value is -0.670. The first-order chi connectivity index (χ1) is 5.70. The summed E-state index contributed by atoms with van der Waals surface area (Å²) in [6.07, 6.45) is 2.38. The van der Waals surface area contributed by atoms with Crippen LogP contribution in [0.2, 0.25) is 0 Å². The quantitative estimate of drug-likeness (QED) is 0.219. The second kappa shape index (κ2) is 7.00. The Morgan fingerprint density at radius 3 is 2.92 bits per heavy atom. The van der Waals surface area contributed by atoms with E-state index in [1.807, 2.05) is 6.92 Å². The summed E-state index contributed by atoms with van der Waals surface area (Å²) in [5.74, 6) is -0.0603. The number of nitrogens with two attached hydrogens (primary N) is 1. The summed E-state index contributed by atoms with van der Waals surface area (Å²) in [4.78, 5) is 0. The van der Waals surface area contributed by atoms with E-state index in [1.165, 1.54) is 0 Å². The molecule has 0 heterocycles. The van der Waals surface area contributed by atoms with Gasteiger partial charge in [0, 0.05) is 0 Å². The average molecular weight is 193 g/mol. The summed E-state index contributed by atoms with van der Waals surface area (Å²) in [5, 5.41) is 10.8. The Morgan fingerprint density at radius 1 is 1.75 bits per heavy atom. The van der Waals surface area contributed by atoms with Crippen LogP contribution in [0.1, 0.15) is 19.8 Å². The van der Waals surface area contributed by atoms with Crippen LogP contribution in [0, 0.1) is 0 Å². The molecule has 0 rings (SSSR count). The highest BCUT2D eigenvalue weighted by Crippen LogP contribution is 2.22. The van der Waals surface area contributed by atoms with Gasteiger partial charge in [-0.15, -0.1) is 4.52 Å². The van der Waals surface area contributed by atoms with Crippen molar-refractivity contribution in [3.8, 4) is 0 Å². The molecule has 1 unspecified atom stereocenters. The van der Waals surface area contributed by atoms with Crippen LogP contribution in [0.3, 0.4) is 0 Å². The van der Waals surface area contributed by atoms with Gasteiger partial charge in [0.1, 0.15) is 0 Å². The molecule has 70 valence electrons. The van der Waals surface area contributed by atoms with Crippen molar-refractivity contribution in [2.75, 3.05) is 12.8 Å². The zero-order valence-corrected chi connectivity index (χ0v) is 7.96. The van der Waals surface area contributed by atoms with Crippen molar-refractivity contribution in [3.05, 3.63) is 0 Å². The Bertz CT molecular complexity index is 172. The molecule has 6 heteroatoms. The van der Waals surface area contributed by atoms with Crippen LogP contribution >= 0.6 is 8.03 Å². The standard InChI is InChI=1S/C6H13N2O3P/c1-2-3-4-12(10)11-5-6(7)8-9/h2-5H2,1H3,(H2-,7,8,9)/p+1. The molecule has 0 aromatic rings. The van der Waals surface area contributed by atoms with Crippen LogP contribution in [0.25, 0.3) is 0 Å². The third-order valence-electron chi connectivity index (χ3n) is 1.18. The number of rotatable bonds is 6. The lowest BCUT2D eigenvalue weighted by atomic mass is 10.4. The molecule has 0 amide bonds. The minimum absolute atomic E-state index is 0.0603. The first-order valence-electron chi connectivity index (χ1n) is 3.74. The van der Waals surface area contributed by atoms with Crippen LogP contribution < -0.4 is 5.73 Å². The van der Waals surface area contributed by atoms with Crippen molar-refractivity contribution < 1.29 is 14.3 Å². The predicted octanol–water partition coefficient (Wildman–Crippen LogP) is 1.29. The molecule has 0 aromatic carbocycles. The van der Waals surface area contributed by atoms with Crippen LogP contribution in [0.4, 0.5) is 0 Å². The lowest BCUT2D eigenvalue weighted by Crippen LogP contribution is -2.17. The van der Waals surface area contributed by atoms with Gasteiger partial charge in [-0.1, -0.05) is 18.5 Å². The highest BCUT2D eigenvalue weighted by atomic mass is 31.1. The largest absolute Gasteiger partial charge is 0.508 e. The van der Waals surface area contributed by atoms with E-state index in [-0.39, 0.29) is 12.4 Å². The highest BCUT2D eigenvalue weighted by Gasteiger charge is 2.16. The second-order valence-electron chi connectivity index (χ2n) is 2.27. The normalized spacial score (nSPS) is 13.1. The maximum Gasteiger partial charge on any atom is 0.508 e. The van der Waals surface area contributed by atoms with Crippen molar-refractivity contribution in [2.45, 2.75) is 19.8 Å². The third-order valence-corrected chi connectivity index (χ3v) is 2.28. The fraction of sp³-hybridized carbons (Fsp3) is 0.833. The molecule has 0 radical (unpaired) electrons.